The standard InChI is InChI=1S/C11H18N2O4.C3H8O3/c1-7(16-5-8-6-17-8)4-13-9(14)11(2,3)12-10(13)15;4-1-3(6)2-5/h7-8H,4-6H2,1-3H3,(H,12,15);3-6H,1-2H2. The maximum Gasteiger partial charge on any atom is 0.325 e. The number of hydrogen-bond acceptors (Lipinski definition) is 7. The van der Waals surface area contributed by atoms with Gasteiger partial charge in [0, 0.05) is 0 Å². The molecule has 0 aromatic heterocycles. The Morgan fingerprint density at radius 2 is 1.96 bits per heavy atom. The molecule has 134 valence electrons. The van der Waals surface area contributed by atoms with Crippen LogP contribution in [-0.4, -0.2) is 89.0 Å². The first-order chi connectivity index (χ1) is 10.7. The van der Waals surface area contributed by atoms with Crippen LogP contribution in [0.3, 0.4) is 0 Å². The van der Waals surface area contributed by atoms with Crippen molar-refractivity contribution in [2.24, 2.45) is 0 Å². The fraction of sp³-hybridized carbons (Fsp3) is 0.857. The largest absolute Gasteiger partial charge is 0.394 e. The van der Waals surface area contributed by atoms with Crippen LogP contribution in [0.25, 0.3) is 0 Å². The summed E-state index contributed by atoms with van der Waals surface area (Å²) in [6, 6.07) is -0.349. The van der Waals surface area contributed by atoms with Crippen molar-refractivity contribution in [1.82, 2.24) is 10.2 Å². The highest BCUT2D eigenvalue weighted by Crippen LogP contribution is 2.17. The number of amides is 3. The van der Waals surface area contributed by atoms with Crippen molar-refractivity contribution in [3.63, 3.8) is 0 Å². The third-order valence-electron chi connectivity index (χ3n) is 3.27. The third kappa shape index (κ3) is 6.40. The first kappa shape index (κ1) is 19.8. The molecular formula is C14H26N2O7. The normalized spacial score (nSPS) is 23.4. The number of nitrogens with one attached hydrogen (secondary N) is 1. The quantitative estimate of drug-likeness (QED) is 0.327. The molecule has 0 radical (unpaired) electrons. The average molecular weight is 334 g/mol. The minimum atomic E-state index is -0.954. The van der Waals surface area contributed by atoms with Crippen molar-refractivity contribution >= 4 is 11.9 Å². The highest BCUT2D eigenvalue weighted by molar-refractivity contribution is 6.06. The summed E-state index contributed by atoms with van der Waals surface area (Å²) < 4.78 is 10.5. The molecule has 0 saturated carbocycles. The van der Waals surface area contributed by atoms with Crippen LogP contribution in [0.4, 0.5) is 4.79 Å². The minimum absolute atomic E-state index is 0.178. The number of ether oxygens (including phenoxy) is 2. The van der Waals surface area contributed by atoms with Crippen molar-refractivity contribution in [1.29, 1.82) is 0 Å². The summed E-state index contributed by atoms with van der Waals surface area (Å²) in [7, 11) is 0. The smallest absolute Gasteiger partial charge is 0.325 e. The Morgan fingerprint density at radius 3 is 2.30 bits per heavy atom. The van der Waals surface area contributed by atoms with Gasteiger partial charge in [0.2, 0.25) is 0 Å². The molecule has 2 rings (SSSR count). The van der Waals surface area contributed by atoms with Crippen molar-refractivity contribution in [2.45, 2.75) is 44.6 Å². The summed E-state index contributed by atoms with van der Waals surface area (Å²) in [5.74, 6) is -0.208. The second-order valence-electron chi connectivity index (χ2n) is 6.09. The van der Waals surface area contributed by atoms with Crippen molar-refractivity contribution in [3.05, 3.63) is 0 Å². The maximum absolute atomic E-state index is 11.9. The van der Waals surface area contributed by atoms with Crippen molar-refractivity contribution < 1.29 is 34.4 Å². The lowest BCUT2D eigenvalue weighted by Crippen LogP contribution is -2.41. The van der Waals surface area contributed by atoms with Crippen LogP contribution in [0.5, 0.6) is 0 Å². The Kier molecular flexibility index (Phi) is 7.36. The molecule has 2 atom stereocenters. The average Bonchev–Trinajstić information content (AvgIpc) is 3.30. The first-order valence-electron chi connectivity index (χ1n) is 7.48. The fourth-order valence-corrected chi connectivity index (χ4v) is 1.79. The Balaban J connectivity index is 0.000000379. The maximum atomic E-state index is 11.9. The van der Waals surface area contributed by atoms with E-state index < -0.39 is 11.6 Å². The van der Waals surface area contributed by atoms with Gasteiger partial charge in [0.05, 0.1) is 39.1 Å². The number of epoxide rings is 1. The Bertz CT molecular complexity index is 408. The van der Waals surface area contributed by atoms with Gasteiger partial charge in [-0.05, 0) is 20.8 Å². The molecule has 2 heterocycles. The summed E-state index contributed by atoms with van der Waals surface area (Å²) in [4.78, 5) is 24.7. The molecule has 3 amide bonds. The number of imide groups is 1. The number of nitrogens with zero attached hydrogens (tertiary/aromatic N) is 1. The van der Waals surface area contributed by atoms with Crippen LogP contribution < -0.4 is 5.32 Å². The predicted molar refractivity (Wildman–Crippen MR) is 79.7 cm³/mol. The van der Waals surface area contributed by atoms with Gasteiger partial charge in [0.1, 0.15) is 17.7 Å². The number of aliphatic hydroxyl groups is 3. The van der Waals surface area contributed by atoms with E-state index in [4.69, 9.17) is 24.8 Å². The highest BCUT2D eigenvalue weighted by atomic mass is 16.6. The van der Waals surface area contributed by atoms with Gasteiger partial charge in [-0.1, -0.05) is 0 Å². The van der Waals surface area contributed by atoms with E-state index >= 15 is 0 Å². The first-order valence-corrected chi connectivity index (χ1v) is 7.48. The molecule has 9 nitrogen and oxygen atoms in total. The van der Waals surface area contributed by atoms with Crippen LogP contribution in [0.1, 0.15) is 20.8 Å². The van der Waals surface area contributed by atoms with Gasteiger partial charge in [-0.3, -0.25) is 9.69 Å². The van der Waals surface area contributed by atoms with Crippen LogP contribution in [0, 0.1) is 0 Å². The predicted octanol–water partition coefficient (Wildman–Crippen LogP) is -1.55. The van der Waals surface area contributed by atoms with E-state index in [-0.39, 0.29) is 43.9 Å². The molecule has 2 unspecified atom stereocenters. The Labute approximate surface area is 135 Å². The molecule has 4 N–H and O–H groups in total. The van der Waals surface area contributed by atoms with E-state index in [2.05, 4.69) is 5.32 Å². The van der Waals surface area contributed by atoms with E-state index in [1.807, 2.05) is 6.92 Å². The molecule has 2 aliphatic heterocycles. The summed E-state index contributed by atoms with van der Waals surface area (Å²) in [5.41, 5.74) is -0.809. The molecule has 0 aromatic carbocycles. The zero-order valence-electron chi connectivity index (χ0n) is 13.7. The minimum Gasteiger partial charge on any atom is -0.394 e. The van der Waals surface area contributed by atoms with Crippen LogP contribution in [-0.2, 0) is 14.3 Å². The lowest BCUT2D eigenvalue weighted by Gasteiger charge is -2.19. The van der Waals surface area contributed by atoms with Crippen LogP contribution in [0.15, 0.2) is 0 Å². The number of carbonyl (C=O) groups is 2. The van der Waals surface area contributed by atoms with E-state index in [9.17, 15) is 9.59 Å². The van der Waals surface area contributed by atoms with E-state index in [0.717, 1.165) is 6.61 Å². The highest BCUT2D eigenvalue weighted by Gasteiger charge is 2.44. The number of urea groups is 1. The number of carbonyl (C=O) groups excluding carboxylic acids is 2. The monoisotopic (exact) mass is 334 g/mol. The van der Waals surface area contributed by atoms with Gasteiger partial charge in [0.25, 0.3) is 5.91 Å². The third-order valence-corrected chi connectivity index (χ3v) is 3.27. The second kappa shape index (κ2) is 8.55. The summed E-state index contributed by atoms with van der Waals surface area (Å²) >= 11 is 0. The van der Waals surface area contributed by atoms with E-state index in [1.165, 1.54) is 4.90 Å². The number of hydrogen-bond donors (Lipinski definition) is 4. The lowest BCUT2D eigenvalue weighted by molar-refractivity contribution is -0.131. The number of rotatable bonds is 7. The van der Waals surface area contributed by atoms with Gasteiger partial charge < -0.3 is 30.1 Å². The molecule has 2 saturated heterocycles. The van der Waals surface area contributed by atoms with Gasteiger partial charge in [-0.25, -0.2) is 4.79 Å². The molecule has 0 spiro atoms. The molecule has 2 aliphatic rings. The summed E-state index contributed by atoms with van der Waals surface area (Å²) in [6.07, 6.45) is -0.940. The molecule has 0 aromatic rings. The fourth-order valence-electron chi connectivity index (χ4n) is 1.79. The lowest BCUT2D eigenvalue weighted by atomic mass is 10.1. The number of aliphatic hydroxyl groups excluding tert-OH is 3. The molecule has 9 heteroatoms. The Morgan fingerprint density at radius 1 is 1.39 bits per heavy atom. The van der Waals surface area contributed by atoms with Crippen molar-refractivity contribution in [2.75, 3.05) is 33.0 Å². The van der Waals surface area contributed by atoms with E-state index in [1.54, 1.807) is 13.8 Å². The SMILES string of the molecule is CC(CN1C(=O)NC(C)(C)C1=O)OCC1CO1.OCC(O)CO. The molecular weight excluding hydrogens is 308 g/mol. The van der Waals surface area contributed by atoms with Crippen LogP contribution in [0.2, 0.25) is 0 Å². The van der Waals surface area contributed by atoms with Gasteiger partial charge in [0.15, 0.2) is 0 Å². The van der Waals surface area contributed by atoms with Gasteiger partial charge in [-0.15, -0.1) is 0 Å². The summed E-state index contributed by atoms with van der Waals surface area (Å²) in [6.45, 7) is 6.03. The second-order valence-corrected chi connectivity index (χ2v) is 6.09. The van der Waals surface area contributed by atoms with Crippen LogP contribution >= 0.6 is 0 Å². The Hall–Kier alpha value is -1.26. The van der Waals surface area contributed by atoms with Gasteiger partial charge in [-0.2, -0.15) is 0 Å². The summed E-state index contributed by atoms with van der Waals surface area (Å²) in [5, 5.41) is 26.6. The molecule has 0 aliphatic carbocycles. The van der Waals surface area contributed by atoms with Gasteiger partial charge >= 0.3 is 6.03 Å². The zero-order valence-corrected chi connectivity index (χ0v) is 13.7. The topological polar surface area (TPSA) is 132 Å². The van der Waals surface area contributed by atoms with Crippen molar-refractivity contribution in [3.8, 4) is 0 Å². The molecule has 0 bridgehead atoms. The zero-order chi connectivity index (χ0) is 17.6. The molecule has 23 heavy (non-hydrogen) atoms. The van der Waals surface area contributed by atoms with E-state index in [0.29, 0.717) is 6.61 Å². The molecule has 2 fully saturated rings.